The van der Waals surface area contributed by atoms with E-state index in [2.05, 4.69) is 6.92 Å². The summed E-state index contributed by atoms with van der Waals surface area (Å²) in [5.74, 6) is 0.421. The van der Waals surface area contributed by atoms with Crippen molar-refractivity contribution < 1.29 is 20.1 Å². The Balaban J connectivity index is 0.000000364. The zero-order valence-corrected chi connectivity index (χ0v) is 7.97. The van der Waals surface area contributed by atoms with Gasteiger partial charge in [0, 0.05) is 0 Å². The van der Waals surface area contributed by atoms with Crippen molar-refractivity contribution in [1.82, 2.24) is 0 Å². The smallest absolute Gasteiger partial charge is 0.503 e. The van der Waals surface area contributed by atoms with Crippen molar-refractivity contribution >= 4 is 6.16 Å². The molecule has 78 valence electrons. The molecule has 0 bridgehead atoms. The second-order valence-corrected chi connectivity index (χ2v) is 2.66. The number of aryl methyl sites for hydroxylation is 1. The highest BCUT2D eigenvalue weighted by Gasteiger charge is 1.95. The van der Waals surface area contributed by atoms with Gasteiger partial charge >= 0.3 is 6.16 Å². The van der Waals surface area contributed by atoms with Gasteiger partial charge in [-0.1, -0.05) is 31.5 Å². The van der Waals surface area contributed by atoms with Crippen LogP contribution in [0.3, 0.4) is 0 Å². The summed E-state index contributed by atoms with van der Waals surface area (Å²) in [4.78, 5) is 8.56. The van der Waals surface area contributed by atoms with Crippen LogP contribution in [0.25, 0.3) is 0 Å². The quantitative estimate of drug-likeness (QED) is 0.682. The van der Waals surface area contributed by atoms with E-state index in [1.807, 2.05) is 18.2 Å². The molecular formula is C10H14O4. The fraction of sp³-hybridized carbons (Fsp3) is 0.300. The van der Waals surface area contributed by atoms with Crippen LogP contribution in [0, 0.1) is 0 Å². The van der Waals surface area contributed by atoms with Gasteiger partial charge in [-0.2, -0.15) is 0 Å². The Labute approximate surface area is 82.4 Å². The summed E-state index contributed by atoms with van der Waals surface area (Å²) in [6.45, 7) is 2.10. The third-order valence-corrected chi connectivity index (χ3v) is 1.51. The molecule has 1 aromatic rings. The average molecular weight is 198 g/mol. The number of hydrogen-bond acceptors (Lipinski definition) is 2. The van der Waals surface area contributed by atoms with Gasteiger partial charge in [-0.25, -0.2) is 4.79 Å². The van der Waals surface area contributed by atoms with Gasteiger partial charge in [0.05, 0.1) is 0 Å². The van der Waals surface area contributed by atoms with Crippen molar-refractivity contribution in [3.8, 4) is 5.75 Å². The van der Waals surface area contributed by atoms with Crippen LogP contribution in [-0.2, 0) is 6.42 Å². The van der Waals surface area contributed by atoms with E-state index >= 15 is 0 Å². The Hall–Kier alpha value is -1.71. The van der Waals surface area contributed by atoms with E-state index in [0.29, 0.717) is 5.75 Å². The largest absolute Gasteiger partial charge is 0.508 e. The van der Waals surface area contributed by atoms with Crippen molar-refractivity contribution in [2.75, 3.05) is 0 Å². The highest BCUT2D eigenvalue weighted by atomic mass is 16.6. The van der Waals surface area contributed by atoms with Gasteiger partial charge in [-0.05, 0) is 18.1 Å². The molecule has 4 nitrogen and oxygen atoms in total. The third kappa shape index (κ3) is 5.88. The summed E-state index contributed by atoms with van der Waals surface area (Å²) in [5, 5.41) is 23.2. The monoisotopic (exact) mass is 198 g/mol. The van der Waals surface area contributed by atoms with Gasteiger partial charge in [0.25, 0.3) is 0 Å². The minimum atomic E-state index is -1.83. The molecule has 0 unspecified atom stereocenters. The molecule has 4 heteroatoms. The normalized spacial score (nSPS) is 8.64. The van der Waals surface area contributed by atoms with Crippen molar-refractivity contribution in [2.45, 2.75) is 19.8 Å². The lowest BCUT2D eigenvalue weighted by Crippen LogP contribution is -1.81. The SMILES string of the molecule is CCCc1ccccc1O.O=C(O)O. The molecule has 3 N–H and O–H groups in total. The molecule has 0 aliphatic carbocycles. The Morgan fingerprint density at radius 3 is 2.21 bits per heavy atom. The Morgan fingerprint density at radius 1 is 1.29 bits per heavy atom. The summed E-state index contributed by atoms with van der Waals surface area (Å²) >= 11 is 0. The predicted molar refractivity (Wildman–Crippen MR) is 52.8 cm³/mol. The van der Waals surface area contributed by atoms with Crippen molar-refractivity contribution in [3.05, 3.63) is 29.8 Å². The number of carboxylic acid groups (broad SMARTS) is 2. The lowest BCUT2D eigenvalue weighted by molar-refractivity contribution is 0.137. The summed E-state index contributed by atoms with van der Waals surface area (Å²) in [6, 6.07) is 7.48. The number of phenolic OH excluding ortho intramolecular Hbond substituents is 1. The second kappa shape index (κ2) is 6.77. The van der Waals surface area contributed by atoms with Crippen LogP contribution in [0.15, 0.2) is 24.3 Å². The molecule has 0 fully saturated rings. The molecule has 0 saturated heterocycles. The molecule has 0 aliphatic rings. The minimum absolute atomic E-state index is 0.421. The topological polar surface area (TPSA) is 77.8 Å². The number of para-hydroxylation sites is 1. The summed E-state index contributed by atoms with van der Waals surface area (Å²) in [7, 11) is 0. The third-order valence-electron chi connectivity index (χ3n) is 1.51. The first-order valence-corrected chi connectivity index (χ1v) is 4.26. The first-order chi connectivity index (χ1) is 6.57. The molecule has 0 atom stereocenters. The first-order valence-electron chi connectivity index (χ1n) is 4.26. The van der Waals surface area contributed by atoms with Crippen molar-refractivity contribution in [1.29, 1.82) is 0 Å². The van der Waals surface area contributed by atoms with Gasteiger partial charge in [0.2, 0.25) is 0 Å². The fourth-order valence-corrected chi connectivity index (χ4v) is 0.992. The maximum Gasteiger partial charge on any atom is 0.503 e. The maximum atomic E-state index is 9.24. The molecule has 0 saturated carbocycles. The van der Waals surface area contributed by atoms with Crippen molar-refractivity contribution in [2.24, 2.45) is 0 Å². The van der Waals surface area contributed by atoms with E-state index in [0.717, 1.165) is 18.4 Å². The number of hydrogen-bond donors (Lipinski definition) is 3. The van der Waals surface area contributed by atoms with Crippen molar-refractivity contribution in [3.63, 3.8) is 0 Å². The second-order valence-electron chi connectivity index (χ2n) is 2.66. The van der Waals surface area contributed by atoms with Gasteiger partial charge in [-0.15, -0.1) is 0 Å². The number of phenols is 1. The lowest BCUT2D eigenvalue weighted by atomic mass is 10.1. The molecule has 0 spiro atoms. The minimum Gasteiger partial charge on any atom is -0.508 e. The molecule has 0 aromatic heterocycles. The highest BCUT2D eigenvalue weighted by Crippen LogP contribution is 2.16. The van der Waals surface area contributed by atoms with Crippen LogP contribution in [0.2, 0.25) is 0 Å². The number of rotatable bonds is 2. The molecule has 14 heavy (non-hydrogen) atoms. The standard InChI is InChI=1S/C9H12O.CH2O3/c1-2-5-8-6-3-4-7-9(8)10;2-1(3)4/h3-4,6-7,10H,2,5H2,1H3;(H2,2,3,4). The Morgan fingerprint density at radius 2 is 1.79 bits per heavy atom. The van der Waals surface area contributed by atoms with Gasteiger partial charge in [0.15, 0.2) is 0 Å². The molecular weight excluding hydrogens is 184 g/mol. The number of aromatic hydroxyl groups is 1. The number of carbonyl (C=O) groups is 1. The number of benzene rings is 1. The molecule has 1 aromatic carbocycles. The average Bonchev–Trinajstić information content (AvgIpc) is 2.08. The molecule has 0 heterocycles. The van der Waals surface area contributed by atoms with Gasteiger partial charge in [-0.3, -0.25) is 0 Å². The van der Waals surface area contributed by atoms with Gasteiger partial charge in [0.1, 0.15) is 5.75 Å². The summed E-state index contributed by atoms with van der Waals surface area (Å²) in [6.07, 6.45) is 0.213. The Kier molecular flexibility index (Phi) is 5.94. The van der Waals surface area contributed by atoms with Crippen LogP contribution in [0.5, 0.6) is 5.75 Å². The van der Waals surface area contributed by atoms with Crippen LogP contribution in [0.4, 0.5) is 4.79 Å². The lowest BCUT2D eigenvalue weighted by Gasteiger charge is -1.99. The van der Waals surface area contributed by atoms with E-state index in [1.54, 1.807) is 6.07 Å². The molecule has 0 amide bonds. The zero-order valence-electron chi connectivity index (χ0n) is 7.97. The van der Waals surface area contributed by atoms with Crippen LogP contribution < -0.4 is 0 Å². The van der Waals surface area contributed by atoms with Crippen LogP contribution in [0.1, 0.15) is 18.9 Å². The van der Waals surface area contributed by atoms with E-state index in [1.165, 1.54) is 0 Å². The van der Waals surface area contributed by atoms with E-state index in [4.69, 9.17) is 15.0 Å². The summed E-state index contributed by atoms with van der Waals surface area (Å²) in [5.41, 5.74) is 1.05. The molecule has 0 aliphatic heterocycles. The van der Waals surface area contributed by atoms with Gasteiger partial charge < -0.3 is 15.3 Å². The molecule has 0 radical (unpaired) electrons. The summed E-state index contributed by atoms with van der Waals surface area (Å²) < 4.78 is 0. The van der Waals surface area contributed by atoms with E-state index in [9.17, 15) is 5.11 Å². The fourth-order valence-electron chi connectivity index (χ4n) is 0.992. The van der Waals surface area contributed by atoms with E-state index in [-0.39, 0.29) is 0 Å². The van der Waals surface area contributed by atoms with Crippen LogP contribution in [-0.4, -0.2) is 21.5 Å². The maximum absolute atomic E-state index is 9.24. The zero-order chi connectivity index (χ0) is 11.0. The van der Waals surface area contributed by atoms with E-state index < -0.39 is 6.16 Å². The highest BCUT2D eigenvalue weighted by molar-refractivity contribution is 5.53. The van der Waals surface area contributed by atoms with Crippen LogP contribution >= 0.6 is 0 Å². The molecule has 1 rings (SSSR count). The first kappa shape index (κ1) is 12.3. The Bertz CT molecular complexity index is 279. The predicted octanol–water partition coefficient (Wildman–Crippen LogP) is 2.57.